The monoisotopic (exact) mass is 223 g/mol. The molecule has 0 aliphatic heterocycles. The quantitative estimate of drug-likeness (QED) is 0.864. The highest BCUT2D eigenvalue weighted by Gasteiger charge is 2.19. The number of nitrogens with zero attached hydrogens (tertiary/aromatic N) is 2. The maximum absolute atomic E-state index is 5.60. The number of fused-ring (bicyclic) bond motifs is 1. The van der Waals surface area contributed by atoms with Gasteiger partial charge in [0.05, 0.1) is 5.69 Å². The summed E-state index contributed by atoms with van der Waals surface area (Å²) in [5, 5.41) is 2.05. The maximum Gasteiger partial charge on any atom is 0.193 e. The first-order valence-corrected chi connectivity index (χ1v) is 6.10. The first-order valence-electron chi connectivity index (χ1n) is 5.22. The van der Waals surface area contributed by atoms with Crippen LogP contribution >= 0.6 is 11.3 Å². The topological polar surface area (TPSA) is 43.3 Å². The van der Waals surface area contributed by atoms with Crippen molar-refractivity contribution in [3.8, 4) is 0 Å². The van der Waals surface area contributed by atoms with E-state index in [0.29, 0.717) is 0 Å². The lowest BCUT2D eigenvalue weighted by atomic mass is 9.85. The van der Waals surface area contributed by atoms with E-state index < -0.39 is 0 Å². The Morgan fingerprint density at radius 1 is 1.53 bits per heavy atom. The molecule has 0 amide bonds. The van der Waals surface area contributed by atoms with Crippen molar-refractivity contribution in [2.45, 2.75) is 26.7 Å². The number of hydrogen-bond donors (Lipinski definition) is 1. The van der Waals surface area contributed by atoms with Gasteiger partial charge in [0.2, 0.25) is 0 Å². The Hall–Kier alpha value is -0.870. The highest BCUT2D eigenvalue weighted by atomic mass is 32.1. The molecule has 0 atom stereocenters. The normalized spacial score (nSPS) is 12.5. The van der Waals surface area contributed by atoms with Crippen LogP contribution in [-0.4, -0.2) is 15.9 Å². The molecule has 15 heavy (non-hydrogen) atoms. The third-order valence-electron chi connectivity index (χ3n) is 2.62. The third-order valence-corrected chi connectivity index (χ3v) is 3.39. The summed E-state index contributed by atoms with van der Waals surface area (Å²) in [5.41, 5.74) is 7.02. The van der Waals surface area contributed by atoms with E-state index in [9.17, 15) is 0 Å². The Balaban J connectivity index is 2.15. The van der Waals surface area contributed by atoms with Gasteiger partial charge in [0, 0.05) is 17.8 Å². The van der Waals surface area contributed by atoms with Gasteiger partial charge in [-0.1, -0.05) is 13.8 Å². The van der Waals surface area contributed by atoms with Crippen LogP contribution in [0.4, 0.5) is 0 Å². The molecule has 0 saturated carbocycles. The first kappa shape index (κ1) is 10.6. The number of thiazole rings is 1. The number of aromatic nitrogens is 2. The Labute approximate surface area is 93.9 Å². The zero-order valence-corrected chi connectivity index (χ0v) is 10.0. The molecule has 2 aromatic heterocycles. The Morgan fingerprint density at radius 2 is 2.33 bits per heavy atom. The predicted octanol–water partition coefficient (Wildman–Crippen LogP) is 2.31. The van der Waals surface area contributed by atoms with Crippen LogP contribution in [0.2, 0.25) is 0 Å². The molecule has 2 N–H and O–H groups in total. The van der Waals surface area contributed by atoms with Crippen LogP contribution in [0.25, 0.3) is 4.96 Å². The summed E-state index contributed by atoms with van der Waals surface area (Å²) in [7, 11) is 0. The fourth-order valence-electron chi connectivity index (χ4n) is 1.83. The van der Waals surface area contributed by atoms with Crippen LogP contribution in [0, 0.1) is 5.41 Å². The summed E-state index contributed by atoms with van der Waals surface area (Å²) < 4.78 is 2.08. The van der Waals surface area contributed by atoms with Crippen LogP contribution in [0.5, 0.6) is 0 Å². The largest absolute Gasteiger partial charge is 0.330 e. The van der Waals surface area contributed by atoms with Gasteiger partial charge in [-0.3, -0.25) is 4.40 Å². The Morgan fingerprint density at radius 3 is 3.00 bits per heavy atom. The fraction of sp³-hybridized carbons (Fsp3) is 0.545. The van der Waals surface area contributed by atoms with E-state index in [4.69, 9.17) is 5.73 Å². The minimum absolute atomic E-state index is 0.249. The van der Waals surface area contributed by atoms with Gasteiger partial charge in [-0.2, -0.15) is 0 Å². The molecule has 0 aliphatic carbocycles. The highest BCUT2D eigenvalue weighted by molar-refractivity contribution is 7.15. The van der Waals surface area contributed by atoms with Gasteiger partial charge in [-0.25, -0.2) is 4.98 Å². The van der Waals surface area contributed by atoms with Crippen molar-refractivity contribution in [1.29, 1.82) is 0 Å². The number of nitrogens with two attached hydrogens (primary N) is 1. The van der Waals surface area contributed by atoms with Gasteiger partial charge >= 0.3 is 0 Å². The lowest BCUT2D eigenvalue weighted by Crippen LogP contribution is -2.19. The molecule has 0 spiro atoms. The standard InChI is InChI=1S/C11H17N3S/c1-11(2,3-4-12)7-9-8-14-5-6-15-10(14)13-9/h5-6,8H,3-4,7,12H2,1-2H3. The van der Waals surface area contributed by atoms with Crippen LogP contribution in [0.1, 0.15) is 26.0 Å². The van der Waals surface area contributed by atoms with Crippen LogP contribution < -0.4 is 5.73 Å². The fourth-order valence-corrected chi connectivity index (χ4v) is 2.55. The van der Waals surface area contributed by atoms with E-state index in [1.807, 2.05) is 6.20 Å². The van der Waals surface area contributed by atoms with Crippen LogP contribution in [0.3, 0.4) is 0 Å². The van der Waals surface area contributed by atoms with Gasteiger partial charge in [-0.15, -0.1) is 11.3 Å². The Kier molecular flexibility index (Phi) is 2.80. The summed E-state index contributed by atoms with van der Waals surface area (Å²) in [4.78, 5) is 5.66. The molecule has 0 saturated heterocycles. The molecule has 0 aliphatic rings. The molecule has 2 heterocycles. The highest BCUT2D eigenvalue weighted by Crippen LogP contribution is 2.25. The average molecular weight is 223 g/mol. The molecule has 0 unspecified atom stereocenters. The van der Waals surface area contributed by atoms with E-state index in [2.05, 4.69) is 34.8 Å². The van der Waals surface area contributed by atoms with Crippen LogP contribution in [0.15, 0.2) is 17.8 Å². The van der Waals surface area contributed by atoms with E-state index in [0.717, 1.165) is 24.3 Å². The molecular formula is C11H17N3S. The van der Waals surface area contributed by atoms with E-state index in [1.54, 1.807) is 11.3 Å². The predicted molar refractivity (Wildman–Crippen MR) is 64.2 cm³/mol. The van der Waals surface area contributed by atoms with Gasteiger partial charge in [0.15, 0.2) is 4.96 Å². The average Bonchev–Trinajstić information content (AvgIpc) is 2.61. The van der Waals surface area contributed by atoms with Crippen LogP contribution in [-0.2, 0) is 6.42 Å². The van der Waals surface area contributed by atoms with E-state index in [1.165, 1.54) is 5.69 Å². The molecular weight excluding hydrogens is 206 g/mol. The minimum atomic E-state index is 0.249. The van der Waals surface area contributed by atoms with E-state index in [-0.39, 0.29) is 5.41 Å². The van der Waals surface area contributed by atoms with Crippen molar-refractivity contribution in [2.75, 3.05) is 6.54 Å². The van der Waals surface area contributed by atoms with Crippen molar-refractivity contribution in [3.05, 3.63) is 23.5 Å². The van der Waals surface area contributed by atoms with E-state index >= 15 is 0 Å². The number of hydrogen-bond acceptors (Lipinski definition) is 3. The first-order chi connectivity index (χ1) is 7.11. The minimum Gasteiger partial charge on any atom is -0.330 e. The second-order valence-corrected chi connectivity index (χ2v) is 5.58. The molecule has 0 aromatic carbocycles. The van der Waals surface area contributed by atoms with Gasteiger partial charge in [-0.05, 0) is 24.8 Å². The van der Waals surface area contributed by atoms with Gasteiger partial charge < -0.3 is 5.73 Å². The zero-order valence-electron chi connectivity index (χ0n) is 9.23. The molecule has 4 heteroatoms. The molecule has 0 fully saturated rings. The Bertz CT molecular complexity index is 413. The van der Waals surface area contributed by atoms with Gasteiger partial charge in [0.25, 0.3) is 0 Å². The summed E-state index contributed by atoms with van der Waals surface area (Å²) in [6.07, 6.45) is 6.20. The SMILES string of the molecule is CC(C)(CCN)Cc1cn2ccsc2n1. The number of rotatable bonds is 4. The van der Waals surface area contributed by atoms with Crippen molar-refractivity contribution in [2.24, 2.45) is 11.1 Å². The van der Waals surface area contributed by atoms with Crippen molar-refractivity contribution in [3.63, 3.8) is 0 Å². The summed E-state index contributed by atoms with van der Waals surface area (Å²) in [5.74, 6) is 0. The zero-order chi connectivity index (χ0) is 10.9. The summed E-state index contributed by atoms with van der Waals surface area (Å²) in [6.45, 7) is 5.23. The molecule has 3 nitrogen and oxygen atoms in total. The summed E-state index contributed by atoms with van der Waals surface area (Å²) >= 11 is 1.67. The number of imidazole rings is 1. The molecule has 82 valence electrons. The smallest absolute Gasteiger partial charge is 0.193 e. The van der Waals surface area contributed by atoms with Crippen molar-refractivity contribution in [1.82, 2.24) is 9.38 Å². The molecule has 2 aromatic rings. The third kappa shape index (κ3) is 2.38. The van der Waals surface area contributed by atoms with Crippen molar-refractivity contribution >= 4 is 16.3 Å². The molecule has 2 rings (SSSR count). The lowest BCUT2D eigenvalue weighted by molar-refractivity contribution is 0.336. The maximum atomic E-state index is 5.60. The second kappa shape index (κ2) is 3.94. The molecule has 0 radical (unpaired) electrons. The molecule has 0 bridgehead atoms. The van der Waals surface area contributed by atoms with Crippen molar-refractivity contribution < 1.29 is 0 Å². The second-order valence-electron chi connectivity index (χ2n) is 4.70. The summed E-state index contributed by atoms with van der Waals surface area (Å²) in [6, 6.07) is 0. The van der Waals surface area contributed by atoms with Gasteiger partial charge in [0.1, 0.15) is 0 Å². The lowest BCUT2D eigenvalue weighted by Gasteiger charge is -2.22.